The lowest BCUT2D eigenvalue weighted by atomic mass is 10.1. The normalized spacial score (nSPS) is 10.2. The maximum Gasteiger partial charge on any atom is 0.255 e. The second-order valence-electron chi connectivity index (χ2n) is 4.44. The molecule has 104 valence electrons. The highest BCUT2D eigenvalue weighted by molar-refractivity contribution is 6.31. The molecule has 1 aromatic heterocycles. The van der Waals surface area contributed by atoms with Crippen LogP contribution in [0.15, 0.2) is 30.5 Å². The van der Waals surface area contributed by atoms with Crippen LogP contribution >= 0.6 is 11.6 Å². The minimum Gasteiger partial charge on any atom is -0.495 e. The number of rotatable bonds is 3. The van der Waals surface area contributed by atoms with Crippen molar-refractivity contribution in [2.75, 3.05) is 12.4 Å². The average Bonchev–Trinajstić information content (AvgIpc) is 2.42. The molecule has 0 saturated heterocycles. The van der Waals surface area contributed by atoms with E-state index in [2.05, 4.69) is 10.3 Å². The fourth-order valence-corrected chi connectivity index (χ4v) is 1.96. The third kappa shape index (κ3) is 3.08. The molecule has 1 heterocycles. The summed E-state index contributed by atoms with van der Waals surface area (Å²) in [6, 6.07) is 6.86. The van der Waals surface area contributed by atoms with Gasteiger partial charge in [-0.2, -0.15) is 0 Å². The molecule has 5 heteroatoms. The Kier molecular flexibility index (Phi) is 4.25. The third-order valence-electron chi connectivity index (χ3n) is 2.89. The van der Waals surface area contributed by atoms with E-state index in [1.54, 1.807) is 30.5 Å². The molecule has 0 aliphatic rings. The molecule has 4 nitrogen and oxygen atoms in total. The topological polar surface area (TPSA) is 51.2 Å². The maximum atomic E-state index is 12.2. The summed E-state index contributed by atoms with van der Waals surface area (Å²) in [6.07, 6.45) is 1.61. The number of halogens is 1. The van der Waals surface area contributed by atoms with Gasteiger partial charge in [0.05, 0.1) is 12.8 Å². The number of ether oxygens (including phenoxy) is 1. The van der Waals surface area contributed by atoms with E-state index in [9.17, 15) is 4.79 Å². The highest BCUT2D eigenvalue weighted by Crippen LogP contribution is 2.31. The van der Waals surface area contributed by atoms with Crippen molar-refractivity contribution in [2.24, 2.45) is 0 Å². The number of aryl methyl sites for hydroxylation is 2. The second kappa shape index (κ2) is 5.92. The van der Waals surface area contributed by atoms with Crippen molar-refractivity contribution >= 4 is 23.2 Å². The molecule has 20 heavy (non-hydrogen) atoms. The van der Waals surface area contributed by atoms with Crippen molar-refractivity contribution in [1.82, 2.24) is 4.98 Å². The Balaban J connectivity index is 2.30. The van der Waals surface area contributed by atoms with Gasteiger partial charge in [0.15, 0.2) is 0 Å². The van der Waals surface area contributed by atoms with Crippen LogP contribution in [0.5, 0.6) is 5.75 Å². The van der Waals surface area contributed by atoms with Crippen molar-refractivity contribution in [1.29, 1.82) is 0 Å². The summed E-state index contributed by atoms with van der Waals surface area (Å²) in [5, 5.41) is 3.42. The van der Waals surface area contributed by atoms with Gasteiger partial charge in [-0.25, -0.2) is 0 Å². The molecule has 2 rings (SSSR count). The smallest absolute Gasteiger partial charge is 0.255 e. The molecular formula is C15H15ClN2O2. The Bertz CT molecular complexity index is 656. The SMILES string of the molecule is COc1cc(Cl)c(C)cc1NC(=O)c1ccnc(C)c1. The number of amides is 1. The summed E-state index contributed by atoms with van der Waals surface area (Å²) >= 11 is 6.04. The monoisotopic (exact) mass is 290 g/mol. The molecule has 0 fully saturated rings. The van der Waals surface area contributed by atoms with Crippen LogP contribution in [0.1, 0.15) is 21.6 Å². The lowest BCUT2D eigenvalue weighted by Gasteiger charge is -2.12. The van der Waals surface area contributed by atoms with Gasteiger partial charge in [-0.15, -0.1) is 0 Å². The number of nitrogens with zero attached hydrogens (tertiary/aromatic N) is 1. The Labute approximate surface area is 122 Å². The highest BCUT2D eigenvalue weighted by Gasteiger charge is 2.12. The van der Waals surface area contributed by atoms with Crippen LogP contribution in [0.25, 0.3) is 0 Å². The number of nitrogens with one attached hydrogen (secondary N) is 1. The number of carbonyl (C=O) groups is 1. The van der Waals surface area contributed by atoms with E-state index in [4.69, 9.17) is 16.3 Å². The molecule has 1 amide bonds. The summed E-state index contributed by atoms with van der Waals surface area (Å²) < 4.78 is 5.23. The second-order valence-corrected chi connectivity index (χ2v) is 4.85. The van der Waals surface area contributed by atoms with E-state index in [1.807, 2.05) is 13.8 Å². The quantitative estimate of drug-likeness (QED) is 0.939. The number of pyridine rings is 1. The van der Waals surface area contributed by atoms with E-state index >= 15 is 0 Å². The minimum atomic E-state index is -0.212. The van der Waals surface area contributed by atoms with Crippen LogP contribution in [0, 0.1) is 13.8 Å². The van der Waals surface area contributed by atoms with Gasteiger partial charge in [0.25, 0.3) is 5.91 Å². The summed E-state index contributed by atoms with van der Waals surface area (Å²) in [5.74, 6) is 0.315. The van der Waals surface area contributed by atoms with Gasteiger partial charge in [-0.1, -0.05) is 11.6 Å². The number of benzene rings is 1. The molecule has 0 saturated carbocycles. The molecule has 1 N–H and O–H groups in total. The molecule has 0 unspecified atom stereocenters. The molecule has 1 aromatic carbocycles. The molecule has 0 atom stereocenters. The van der Waals surface area contributed by atoms with E-state index < -0.39 is 0 Å². The lowest BCUT2D eigenvalue weighted by Crippen LogP contribution is -2.13. The van der Waals surface area contributed by atoms with E-state index in [1.165, 1.54) is 7.11 Å². The zero-order valence-corrected chi connectivity index (χ0v) is 12.3. The van der Waals surface area contributed by atoms with Gasteiger partial charge >= 0.3 is 0 Å². The van der Waals surface area contributed by atoms with Gasteiger partial charge in [0.2, 0.25) is 0 Å². The van der Waals surface area contributed by atoms with Crippen molar-refractivity contribution in [3.8, 4) is 5.75 Å². The standard InChI is InChI=1S/C15H15ClN2O2/c1-9-6-13(14(20-3)8-12(9)16)18-15(19)11-4-5-17-10(2)7-11/h4-8H,1-3H3,(H,18,19). The molecule has 0 spiro atoms. The number of methoxy groups -OCH3 is 1. The fourth-order valence-electron chi connectivity index (χ4n) is 1.81. The Morgan fingerprint density at radius 3 is 2.70 bits per heavy atom. The van der Waals surface area contributed by atoms with E-state index in [-0.39, 0.29) is 5.91 Å². The minimum absolute atomic E-state index is 0.212. The van der Waals surface area contributed by atoms with Crippen molar-refractivity contribution in [2.45, 2.75) is 13.8 Å². The van der Waals surface area contributed by atoms with Crippen molar-refractivity contribution in [3.05, 3.63) is 52.3 Å². The molecule has 2 aromatic rings. The number of anilines is 1. The first-order valence-corrected chi connectivity index (χ1v) is 6.47. The third-order valence-corrected chi connectivity index (χ3v) is 3.29. The van der Waals surface area contributed by atoms with Gasteiger partial charge < -0.3 is 10.1 Å². The molecule has 0 aliphatic carbocycles. The summed E-state index contributed by atoms with van der Waals surface area (Å²) in [6.45, 7) is 3.71. The van der Waals surface area contributed by atoms with Gasteiger partial charge in [-0.05, 0) is 37.6 Å². The first-order chi connectivity index (χ1) is 9.51. The van der Waals surface area contributed by atoms with Crippen LogP contribution < -0.4 is 10.1 Å². The van der Waals surface area contributed by atoms with Crippen LogP contribution in [-0.2, 0) is 0 Å². The van der Waals surface area contributed by atoms with Crippen molar-refractivity contribution in [3.63, 3.8) is 0 Å². The number of aromatic nitrogens is 1. The van der Waals surface area contributed by atoms with Crippen LogP contribution in [-0.4, -0.2) is 18.0 Å². The first-order valence-electron chi connectivity index (χ1n) is 6.09. The van der Waals surface area contributed by atoms with Gasteiger partial charge in [-0.3, -0.25) is 9.78 Å². The summed E-state index contributed by atoms with van der Waals surface area (Å²) in [5.41, 5.74) is 2.80. The first kappa shape index (κ1) is 14.3. The highest BCUT2D eigenvalue weighted by atomic mass is 35.5. The van der Waals surface area contributed by atoms with Crippen LogP contribution in [0.3, 0.4) is 0 Å². The van der Waals surface area contributed by atoms with Crippen LogP contribution in [0.2, 0.25) is 5.02 Å². The molecular weight excluding hydrogens is 276 g/mol. The van der Waals surface area contributed by atoms with Crippen molar-refractivity contribution < 1.29 is 9.53 Å². The number of hydrogen-bond acceptors (Lipinski definition) is 3. The Morgan fingerprint density at radius 1 is 1.30 bits per heavy atom. The zero-order chi connectivity index (χ0) is 14.7. The molecule has 0 radical (unpaired) electrons. The van der Waals surface area contributed by atoms with Gasteiger partial charge in [0.1, 0.15) is 5.75 Å². The molecule has 0 aliphatic heterocycles. The van der Waals surface area contributed by atoms with E-state index in [0.29, 0.717) is 22.0 Å². The summed E-state index contributed by atoms with van der Waals surface area (Å²) in [7, 11) is 1.53. The largest absolute Gasteiger partial charge is 0.495 e. The Morgan fingerprint density at radius 2 is 2.05 bits per heavy atom. The average molecular weight is 291 g/mol. The number of carbonyl (C=O) groups excluding carboxylic acids is 1. The lowest BCUT2D eigenvalue weighted by molar-refractivity contribution is 0.102. The van der Waals surface area contributed by atoms with Gasteiger partial charge in [0, 0.05) is 28.5 Å². The maximum absolute atomic E-state index is 12.2. The number of hydrogen-bond donors (Lipinski definition) is 1. The fraction of sp³-hybridized carbons (Fsp3) is 0.200. The predicted molar refractivity (Wildman–Crippen MR) is 79.7 cm³/mol. The van der Waals surface area contributed by atoms with E-state index in [0.717, 1.165) is 11.3 Å². The zero-order valence-electron chi connectivity index (χ0n) is 11.5. The predicted octanol–water partition coefficient (Wildman–Crippen LogP) is 3.61. The Hall–Kier alpha value is -2.07. The molecule has 0 bridgehead atoms. The summed E-state index contributed by atoms with van der Waals surface area (Å²) in [4.78, 5) is 16.3. The van der Waals surface area contributed by atoms with Crippen LogP contribution in [0.4, 0.5) is 5.69 Å².